The molecule has 1 unspecified atom stereocenters. The molecule has 0 amide bonds. The number of anilines is 1. The van der Waals surface area contributed by atoms with Crippen LogP contribution in [-0.4, -0.2) is 21.0 Å². The van der Waals surface area contributed by atoms with Crippen LogP contribution in [0.2, 0.25) is 0 Å². The summed E-state index contributed by atoms with van der Waals surface area (Å²) in [7, 11) is 0. The molecule has 3 N–H and O–H groups in total. The van der Waals surface area contributed by atoms with Crippen molar-refractivity contribution < 1.29 is 14.6 Å². The van der Waals surface area contributed by atoms with Gasteiger partial charge in [0.05, 0.1) is 17.6 Å². The summed E-state index contributed by atoms with van der Waals surface area (Å²) in [6, 6.07) is 4.60. The van der Waals surface area contributed by atoms with Gasteiger partial charge in [-0.15, -0.1) is 0 Å². The van der Waals surface area contributed by atoms with Crippen molar-refractivity contribution in [3.63, 3.8) is 0 Å². The normalized spacial score (nSPS) is 11.8. The maximum atomic E-state index is 11.1. The van der Waals surface area contributed by atoms with Gasteiger partial charge in [-0.2, -0.15) is 0 Å². The minimum atomic E-state index is -1.09. The van der Waals surface area contributed by atoms with Gasteiger partial charge >= 0.3 is 5.97 Å². The number of hydrogen-bond donors (Lipinski definition) is 2. The molecular formula is C13H13N3O3. The summed E-state index contributed by atoms with van der Waals surface area (Å²) in [5.41, 5.74) is 6.66. The Hall–Kier alpha value is -2.63. The second kappa shape index (κ2) is 5.34. The number of aromatic nitrogens is 2. The molecule has 2 rings (SSSR count). The Kier molecular flexibility index (Phi) is 3.61. The summed E-state index contributed by atoms with van der Waals surface area (Å²) in [6.45, 7) is 1.75. The number of rotatable bonds is 4. The zero-order chi connectivity index (χ0) is 13.8. The first-order chi connectivity index (χ1) is 9.09. The molecule has 6 heteroatoms. The molecule has 1 heterocycles. The van der Waals surface area contributed by atoms with Gasteiger partial charge in [-0.05, 0) is 19.1 Å². The van der Waals surface area contributed by atoms with Crippen molar-refractivity contribution in [2.45, 2.75) is 13.0 Å². The molecule has 0 fully saturated rings. The van der Waals surface area contributed by atoms with Crippen molar-refractivity contribution in [3.05, 3.63) is 48.0 Å². The summed E-state index contributed by atoms with van der Waals surface area (Å²) in [5, 5.41) is 9.11. The highest BCUT2D eigenvalue weighted by atomic mass is 16.5. The average Bonchev–Trinajstić information content (AvgIpc) is 2.41. The molecule has 0 saturated heterocycles. The van der Waals surface area contributed by atoms with Crippen LogP contribution in [0.4, 0.5) is 5.69 Å². The number of hydrogen-bond acceptors (Lipinski definition) is 5. The van der Waals surface area contributed by atoms with Crippen LogP contribution in [0.1, 0.15) is 29.1 Å². The lowest BCUT2D eigenvalue weighted by molar-refractivity contribution is 0.0689. The second-order valence-electron chi connectivity index (χ2n) is 3.92. The molecule has 0 aliphatic rings. The van der Waals surface area contributed by atoms with Crippen molar-refractivity contribution in [2.24, 2.45) is 0 Å². The van der Waals surface area contributed by atoms with E-state index in [1.807, 2.05) is 0 Å². The number of para-hydroxylation sites is 1. The topological polar surface area (TPSA) is 98.3 Å². The summed E-state index contributed by atoms with van der Waals surface area (Å²) in [6.07, 6.45) is 4.21. The van der Waals surface area contributed by atoms with Crippen LogP contribution < -0.4 is 10.5 Å². The lowest BCUT2D eigenvalue weighted by Crippen LogP contribution is -2.10. The average molecular weight is 259 g/mol. The number of carbonyl (C=O) groups is 1. The fourth-order valence-electron chi connectivity index (χ4n) is 1.61. The van der Waals surface area contributed by atoms with Gasteiger partial charge in [-0.25, -0.2) is 4.79 Å². The third-order valence-corrected chi connectivity index (χ3v) is 2.57. The third kappa shape index (κ3) is 2.79. The molecule has 0 saturated carbocycles. The molecule has 0 radical (unpaired) electrons. The number of carboxylic acids is 1. The van der Waals surface area contributed by atoms with Crippen LogP contribution in [0.5, 0.6) is 5.75 Å². The zero-order valence-electron chi connectivity index (χ0n) is 10.3. The maximum Gasteiger partial charge on any atom is 0.339 e. The first-order valence-electron chi connectivity index (χ1n) is 5.64. The van der Waals surface area contributed by atoms with Gasteiger partial charge in [-0.1, -0.05) is 6.07 Å². The largest absolute Gasteiger partial charge is 0.481 e. The van der Waals surface area contributed by atoms with Crippen molar-refractivity contribution in [1.29, 1.82) is 0 Å². The van der Waals surface area contributed by atoms with E-state index in [9.17, 15) is 4.79 Å². The Morgan fingerprint density at radius 1 is 1.42 bits per heavy atom. The van der Waals surface area contributed by atoms with E-state index < -0.39 is 12.1 Å². The number of benzene rings is 1. The van der Waals surface area contributed by atoms with E-state index in [-0.39, 0.29) is 17.0 Å². The van der Waals surface area contributed by atoms with Gasteiger partial charge in [0.15, 0.2) is 5.75 Å². The summed E-state index contributed by atoms with van der Waals surface area (Å²) in [5.74, 6) is -0.943. The van der Waals surface area contributed by atoms with Gasteiger partial charge < -0.3 is 15.6 Å². The quantitative estimate of drug-likeness (QED) is 0.813. The molecule has 0 aliphatic carbocycles. The summed E-state index contributed by atoms with van der Waals surface area (Å²) < 4.78 is 5.62. The number of ether oxygens (including phenoxy) is 1. The van der Waals surface area contributed by atoms with Gasteiger partial charge in [0.25, 0.3) is 0 Å². The number of nitrogen functional groups attached to an aromatic ring is 1. The van der Waals surface area contributed by atoms with Crippen LogP contribution >= 0.6 is 0 Å². The van der Waals surface area contributed by atoms with E-state index >= 15 is 0 Å². The number of aromatic carboxylic acids is 1. The molecule has 19 heavy (non-hydrogen) atoms. The zero-order valence-corrected chi connectivity index (χ0v) is 10.3. The highest BCUT2D eigenvalue weighted by Crippen LogP contribution is 2.30. The Labute approximate surface area is 109 Å². The van der Waals surface area contributed by atoms with Gasteiger partial charge in [-0.3, -0.25) is 9.97 Å². The minimum Gasteiger partial charge on any atom is -0.481 e. The van der Waals surface area contributed by atoms with Gasteiger partial charge in [0.2, 0.25) is 0 Å². The number of nitrogens with zero attached hydrogens (tertiary/aromatic N) is 2. The molecule has 1 aromatic carbocycles. The Morgan fingerprint density at radius 2 is 2.21 bits per heavy atom. The highest BCUT2D eigenvalue weighted by Gasteiger charge is 2.18. The highest BCUT2D eigenvalue weighted by molar-refractivity contribution is 5.93. The smallest absolute Gasteiger partial charge is 0.339 e. The van der Waals surface area contributed by atoms with Crippen molar-refractivity contribution in [1.82, 2.24) is 9.97 Å². The van der Waals surface area contributed by atoms with E-state index in [1.165, 1.54) is 6.07 Å². The fraction of sp³-hybridized carbons (Fsp3) is 0.154. The van der Waals surface area contributed by atoms with E-state index in [4.69, 9.17) is 15.6 Å². The monoisotopic (exact) mass is 259 g/mol. The predicted octanol–water partition coefficient (Wildman–Crippen LogP) is 1.90. The van der Waals surface area contributed by atoms with E-state index in [1.54, 1.807) is 37.6 Å². The van der Waals surface area contributed by atoms with Crippen LogP contribution in [0.25, 0.3) is 0 Å². The molecule has 0 bridgehead atoms. The lowest BCUT2D eigenvalue weighted by atomic mass is 10.1. The van der Waals surface area contributed by atoms with Crippen LogP contribution in [0.3, 0.4) is 0 Å². The Balaban J connectivity index is 2.31. The molecule has 98 valence electrons. The Bertz CT molecular complexity index is 587. The van der Waals surface area contributed by atoms with Gasteiger partial charge in [0.1, 0.15) is 11.7 Å². The molecule has 1 aromatic heterocycles. The lowest BCUT2D eigenvalue weighted by Gasteiger charge is -2.17. The maximum absolute atomic E-state index is 11.1. The minimum absolute atomic E-state index is 0.0238. The van der Waals surface area contributed by atoms with E-state index in [2.05, 4.69) is 9.97 Å². The summed E-state index contributed by atoms with van der Waals surface area (Å²) in [4.78, 5) is 19.2. The first kappa shape index (κ1) is 12.8. The van der Waals surface area contributed by atoms with E-state index in [0.29, 0.717) is 5.69 Å². The van der Waals surface area contributed by atoms with E-state index in [0.717, 1.165) is 0 Å². The second-order valence-corrected chi connectivity index (χ2v) is 3.92. The molecule has 0 aliphatic heterocycles. The van der Waals surface area contributed by atoms with Crippen molar-refractivity contribution in [3.8, 4) is 5.75 Å². The van der Waals surface area contributed by atoms with Crippen LogP contribution in [-0.2, 0) is 0 Å². The van der Waals surface area contributed by atoms with Crippen LogP contribution in [0, 0.1) is 0 Å². The molecule has 1 atom stereocenters. The standard InChI is InChI=1S/C13H13N3O3/c1-8(11-7-15-5-6-16-11)19-12-9(13(17)18)3-2-4-10(12)14/h2-8H,14H2,1H3,(H,17,18). The van der Waals surface area contributed by atoms with Crippen molar-refractivity contribution in [2.75, 3.05) is 5.73 Å². The predicted molar refractivity (Wildman–Crippen MR) is 68.9 cm³/mol. The number of carboxylic acid groups (broad SMARTS) is 1. The van der Waals surface area contributed by atoms with Crippen molar-refractivity contribution >= 4 is 11.7 Å². The summed E-state index contributed by atoms with van der Waals surface area (Å²) >= 11 is 0. The molecule has 2 aromatic rings. The third-order valence-electron chi connectivity index (χ3n) is 2.57. The number of nitrogens with two attached hydrogens (primary N) is 1. The first-order valence-corrected chi connectivity index (χ1v) is 5.64. The Morgan fingerprint density at radius 3 is 2.84 bits per heavy atom. The molecule has 0 spiro atoms. The SMILES string of the molecule is CC(Oc1c(N)cccc1C(=O)O)c1cnccn1. The fourth-order valence-corrected chi connectivity index (χ4v) is 1.61. The molecular weight excluding hydrogens is 246 g/mol. The molecule has 6 nitrogen and oxygen atoms in total. The van der Waals surface area contributed by atoms with Gasteiger partial charge in [0, 0.05) is 12.4 Å². The van der Waals surface area contributed by atoms with Crippen LogP contribution in [0.15, 0.2) is 36.8 Å².